The van der Waals surface area contributed by atoms with E-state index < -0.39 is 12.1 Å². The Bertz CT molecular complexity index is 363. The van der Waals surface area contributed by atoms with E-state index in [0.29, 0.717) is 18.8 Å². The molecule has 15 heavy (non-hydrogen) atoms. The molecule has 1 aliphatic rings. The number of aromatic nitrogens is 2. The van der Waals surface area contributed by atoms with Gasteiger partial charge in [-0.3, -0.25) is 9.48 Å². The number of aliphatic hydroxyl groups excluding tert-OH is 1. The second-order valence-corrected chi connectivity index (χ2v) is 3.65. The lowest BCUT2D eigenvalue weighted by molar-refractivity contribution is -0.119. The third-order valence-corrected chi connectivity index (χ3v) is 2.44. The smallest absolute Gasteiger partial charge is 0.245 e. The van der Waals surface area contributed by atoms with Crippen molar-refractivity contribution >= 4 is 11.7 Å². The number of aliphatic hydroxyl groups is 1. The largest absolute Gasteiger partial charge is 0.391 e. The summed E-state index contributed by atoms with van der Waals surface area (Å²) in [6.45, 7) is 0.668. The Morgan fingerprint density at radius 2 is 2.60 bits per heavy atom. The summed E-state index contributed by atoms with van der Waals surface area (Å²) in [7, 11) is 1.78. The SMILES string of the molecule is Cn1ccc(NC(=O)[C@H]2NCC[C@@H]2O)n1. The molecule has 1 fully saturated rings. The van der Waals surface area contributed by atoms with E-state index in [1.54, 1.807) is 24.0 Å². The molecule has 1 aromatic rings. The third-order valence-electron chi connectivity index (χ3n) is 2.44. The zero-order chi connectivity index (χ0) is 10.8. The van der Waals surface area contributed by atoms with E-state index in [1.807, 2.05) is 0 Å². The minimum atomic E-state index is -0.603. The predicted molar refractivity (Wildman–Crippen MR) is 54.3 cm³/mol. The number of aryl methyl sites for hydroxylation is 1. The van der Waals surface area contributed by atoms with Gasteiger partial charge in [-0.05, 0) is 13.0 Å². The van der Waals surface area contributed by atoms with Crippen LogP contribution in [0.1, 0.15) is 6.42 Å². The lowest BCUT2D eigenvalue weighted by Crippen LogP contribution is -2.42. The van der Waals surface area contributed by atoms with Crippen LogP contribution in [-0.2, 0) is 11.8 Å². The molecule has 0 bridgehead atoms. The Morgan fingerprint density at radius 3 is 3.13 bits per heavy atom. The quantitative estimate of drug-likeness (QED) is 0.590. The number of carbonyl (C=O) groups excluding carboxylic acids is 1. The van der Waals surface area contributed by atoms with Crippen molar-refractivity contribution in [3.8, 4) is 0 Å². The van der Waals surface area contributed by atoms with E-state index in [1.165, 1.54) is 0 Å². The summed E-state index contributed by atoms with van der Waals surface area (Å²) in [6, 6.07) is 1.19. The van der Waals surface area contributed by atoms with E-state index in [2.05, 4.69) is 15.7 Å². The fraction of sp³-hybridized carbons (Fsp3) is 0.556. The predicted octanol–water partition coefficient (Wildman–Crippen LogP) is -0.919. The highest BCUT2D eigenvalue weighted by Crippen LogP contribution is 2.09. The monoisotopic (exact) mass is 210 g/mol. The average Bonchev–Trinajstić information content (AvgIpc) is 2.75. The molecule has 0 saturated carbocycles. The van der Waals surface area contributed by atoms with Gasteiger partial charge in [-0.25, -0.2) is 0 Å². The standard InChI is InChI=1S/C9H14N4O2/c1-13-5-3-7(12-13)11-9(15)8-6(14)2-4-10-8/h3,5-6,8,10,14H,2,4H2,1H3,(H,11,12,15)/t6-,8-/m0/s1. The summed E-state index contributed by atoms with van der Waals surface area (Å²) in [6.07, 6.45) is 1.75. The normalized spacial score (nSPS) is 25.5. The van der Waals surface area contributed by atoms with Gasteiger partial charge in [-0.1, -0.05) is 0 Å². The molecule has 82 valence electrons. The van der Waals surface area contributed by atoms with Crippen molar-refractivity contribution in [2.75, 3.05) is 11.9 Å². The summed E-state index contributed by atoms with van der Waals surface area (Å²) in [5, 5.41) is 19.1. The number of carbonyl (C=O) groups is 1. The van der Waals surface area contributed by atoms with Crippen molar-refractivity contribution in [3.05, 3.63) is 12.3 Å². The summed E-state index contributed by atoms with van der Waals surface area (Å²) >= 11 is 0. The van der Waals surface area contributed by atoms with Crippen molar-refractivity contribution in [2.24, 2.45) is 7.05 Å². The van der Waals surface area contributed by atoms with Crippen LogP contribution in [0.15, 0.2) is 12.3 Å². The number of nitrogens with zero attached hydrogens (tertiary/aromatic N) is 2. The Kier molecular flexibility index (Phi) is 2.70. The second kappa shape index (κ2) is 4.00. The number of hydrogen-bond donors (Lipinski definition) is 3. The molecule has 1 aromatic heterocycles. The lowest BCUT2D eigenvalue weighted by atomic mass is 10.1. The van der Waals surface area contributed by atoms with Crippen LogP contribution < -0.4 is 10.6 Å². The first-order chi connectivity index (χ1) is 7.16. The van der Waals surface area contributed by atoms with Crippen molar-refractivity contribution in [3.63, 3.8) is 0 Å². The van der Waals surface area contributed by atoms with Gasteiger partial charge in [0.2, 0.25) is 5.91 Å². The number of amides is 1. The van der Waals surface area contributed by atoms with Gasteiger partial charge in [-0.2, -0.15) is 5.10 Å². The molecule has 0 aromatic carbocycles. The van der Waals surface area contributed by atoms with Crippen LogP contribution in [0, 0.1) is 0 Å². The number of nitrogens with one attached hydrogen (secondary N) is 2. The fourth-order valence-electron chi connectivity index (χ4n) is 1.64. The van der Waals surface area contributed by atoms with Crippen LogP contribution in [0.4, 0.5) is 5.82 Å². The third kappa shape index (κ3) is 2.16. The molecule has 1 amide bonds. The van der Waals surface area contributed by atoms with Crippen LogP contribution in [0.2, 0.25) is 0 Å². The van der Waals surface area contributed by atoms with Crippen LogP contribution >= 0.6 is 0 Å². The first kappa shape index (κ1) is 10.1. The zero-order valence-corrected chi connectivity index (χ0v) is 8.47. The highest BCUT2D eigenvalue weighted by Gasteiger charge is 2.31. The molecular weight excluding hydrogens is 196 g/mol. The molecular formula is C9H14N4O2. The van der Waals surface area contributed by atoms with E-state index in [0.717, 1.165) is 0 Å². The van der Waals surface area contributed by atoms with Gasteiger partial charge in [0.1, 0.15) is 6.04 Å². The maximum absolute atomic E-state index is 11.7. The molecule has 1 saturated heterocycles. The van der Waals surface area contributed by atoms with Crippen LogP contribution in [0.25, 0.3) is 0 Å². The number of anilines is 1. The van der Waals surface area contributed by atoms with Gasteiger partial charge in [-0.15, -0.1) is 0 Å². The summed E-state index contributed by atoms with van der Waals surface area (Å²) in [5.41, 5.74) is 0. The number of rotatable bonds is 2. The van der Waals surface area contributed by atoms with Crippen molar-refractivity contribution < 1.29 is 9.90 Å². The van der Waals surface area contributed by atoms with Crippen molar-refractivity contribution in [1.29, 1.82) is 0 Å². The van der Waals surface area contributed by atoms with Gasteiger partial charge in [0, 0.05) is 19.3 Å². The first-order valence-electron chi connectivity index (χ1n) is 4.89. The van der Waals surface area contributed by atoms with E-state index in [9.17, 15) is 9.90 Å². The maximum atomic E-state index is 11.7. The van der Waals surface area contributed by atoms with Crippen LogP contribution in [-0.4, -0.2) is 39.5 Å². The van der Waals surface area contributed by atoms with E-state index in [4.69, 9.17) is 0 Å². The fourth-order valence-corrected chi connectivity index (χ4v) is 1.64. The minimum absolute atomic E-state index is 0.237. The Hall–Kier alpha value is -1.40. The first-order valence-corrected chi connectivity index (χ1v) is 4.89. The zero-order valence-electron chi connectivity index (χ0n) is 8.47. The summed E-state index contributed by atoms with van der Waals surface area (Å²) < 4.78 is 1.61. The number of hydrogen-bond acceptors (Lipinski definition) is 4. The molecule has 2 atom stereocenters. The van der Waals surface area contributed by atoms with Crippen LogP contribution in [0.3, 0.4) is 0 Å². The van der Waals surface area contributed by atoms with Gasteiger partial charge in [0.25, 0.3) is 0 Å². The Morgan fingerprint density at radius 1 is 1.80 bits per heavy atom. The second-order valence-electron chi connectivity index (χ2n) is 3.65. The molecule has 3 N–H and O–H groups in total. The highest BCUT2D eigenvalue weighted by atomic mass is 16.3. The molecule has 6 heteroatoms. The van der Waals surface area contributed by atoms with E-state index in [-0.39, 0.29) is 5.91 Å². The molecule has 0 aliphatic carbocycles. The molecule has 1 aliphatic heterocycles. The van der Waals surface area contributed by atoms with Gasteiger partial charge >= 0.3 is 0 Å². The molecule has 0 spiro atoms. The van der Waals surface area contributed by atoms with Gasteiger partial charge in [0.15, 0.2) is 5.82 Å². The molecule has 0 radical (unpaired) electrons. The van der Waals surface area contributed by atoms with Gasteiger partial charge < -0.3 is 15.7 Å². The molecule has 0 unspecified atom stereocenters. The van der Waals surface area contributed by atoms with Crippen molar-refractivity contribution in [2.45, 2.75) is 18.6 Å². The maximum Gasteiger partial charge on any atom is 0.245 e. The molecule has 6 nitrogen and oxygen atoms in total. The average molecular weight is 210 g/mol. The summed E-state index contributed by atoms with van der Waals surface area (Å²) in [4.78, 5) is 11.7. The Labute approximate surface area is 87.3 Å². The van der Waals surface area contributed by atoms with Crippen LogP contribution in [0.5, 0.6) is 0 Å². The van der Waals surface area contributed by atoms with E-state index >= 15 is 0 Å². The lowest BCUT2D eigenvalue weighted by Gasteiger charge is -2.13. The minimum Gasteiger partial charge on any atom is -0.391 e. The topological polar surface area (TPSA) is 79.2 Å². The molecule has 2 heterocycles. The Balaban J connectivity index is 1.97. The highest BCUT2D eigenvalue weighted by molar-refractivity contribution is 5.94. The van der Waals surface area contributed by atoms with Crippen molar-refractivity contribution in [1.82, 2.24) is 15.1 Å². The van der Waals surface area contributed by atoms with Gasteiger partial charge in [0.05, 0.1) is 6.10 Å². The molecule has 2 rings (SSSR count). The summed E-state index contributed by atoms with van der Waals surface area (Å²) in [5.74, 6) is 0.266.